The van der Waals surface area contributed by atoms with E-state index in [-0.39, 0.29) is 22.4 Å². The molecule has 1 unspecified atom stereocenters. The summed E-state index contributed by atoms with van der Waals surface area (Å²) in [5.74, 6) is -6.64. The fraction of sp³-hybridized carbons (Fsp3) is 0.400. The summed E-state index contributed by atoms with van der Waals surface area (Å²) < 4.78 is 27.5. The smallest absolute Gasteiger partial charge is 0.341 e. The molecule has 7 rings (SSSR count). The number of nitrogens with one attached hydrogen (secondary N) is 1. The van der Waals surface area contributed by atoms with Crippen LogP contribution in [0.1, 0.15) is 76.2 Å². The minimum atomic E-state index is -3.26. The maximum Gasteiger partial charge on any atom is 0.341 e. The predicted octanol–water partition coefficient (Wildman–Crippen LogP) is 0.803. The molecule has 0 saturated carbocycles. The fourth-order valence-corrected chi connectivity index (χ4v) is 9.02. The number of hydrogen-bond acceptors (Lipinski definition) is 16. The van der Waals surface area contributed by atoms with Crippen molar-refractivity contribution in [3.63, 3.8) is 0 Å². The highest BCUT2D eigenvalue weighted by atomic mass is 16.6. The lowest BCUT2D eigenvalue weighted by Crippen LogP contribution is -2.73. The molecule has 1 saturated heterocycles. The number of aryl methyl sites for hydroxylation is 1. The molecule has 56 heavy (non-hydrogen) atoms. The largest absolute Gasteiger partial charge is 0.507 e. The Morgan fingerprint density at radius 2 is 1.57 bits per heavy atom. The van der Waals surface area contributed by atoms with Crippen LogP contribution in [0.4, 0.5) is 0 Å². The van der Waals surface area contributed by atoms with Crippen LogP contribution in [-0.2, 0) is 41.3 Å². The van der Waals surface area contributed by atoms with Gasteiger partial charge in [-0.1, -0.05) is 36.4 Å². The molecule has 0 aromatic heterocycles. The van der Waals surface area contributed by atoms with E-state index in [4.69, 9.17) is 23.7 Å². The van der Waals surface area contributed by atoms with Crippen LogP contribution in [-0.4, -0.2) is 125 Å². The van der Waals surface area contributed by atoms with Gasteiger partial charge in [0.2, 0.25) is 11.6 Å². The molecule has 9 atom stereocenters. The number of carbonyl (C=O) groups is 4. The van der Waals surface area contributed by atoms with Crippen molar-refractivity contribution in [1.82, 2.24) is 5.32 Å². The monoisotopic (exact) mass is 775 g/mol. The Balaban J connectivity index is 1.48. The molecule has 0 amide bonds. The van der Waals surface area contributed by atoms with Gasteiger partial charge in [0.1, 0.15) is 35.4 Å². The molecule has 0 bridgehead atoms. The number of phenolic OH excluding ortho intramolecular Hbond substituents is 2. The number of fused-ring (bicyclic) bond motifs is 5. The van der Waals surface area contributed by atoms with Crippen LogP contribution in [0.5, 0.6) is 11.5 Å². The van der Waals surface area contributed by atoms with E-state index in [0.29, 0.717) is 0 Å². The van der Waals surface area contributed by atoms with Gasteiger partial charge in [-0.25, -0.2) is 4.79 Å². The highest BCUT2D eigenvalue weighted by molar-refractivity contribution is 6.26. The Kier molecular flexibility index (Phi) is 9.50. The third-order valence-corrected chi connectivity index (χ3v) is 11.6. The predicted molar refractivity (Wildman–Crippen MR) is 191 cm³/mol. The van der Waals surface area contributed by atoms with E-state index in [1.165, 1.54) is 39.3 Å². The minimum absolute atomic E-state index is 0.000180. The fourth-order valence-electron chi connectivity index (χ4n) is 9.02. The summed E-state index contributed by atoms with van der Waals surface area (Å²) in [6.07, 6.45) is -6.54. The van der Waals surface area contributed by atoms with Gasteiger partial charge < -0.3 is 59.6 Å². The van der Waals surface area contributed by atoms with Gasteiger partial charge in [-0.15, -0.1) is 0 Å². The van der Waals surface area contributed by atoms with Crippen molar-refractivity contribution < 1.29 is 73.5 Å². The summed E-state index contributed by atoms with van der Waals surface area (Å²) >= 11 is 0. The number of aliphatic hydroxyl groups is 4. The third kappa shape index (κ3) is 4.94. The first-order chi connectivity index (χ1) is 26.5. The SMILES string of the molecule is COC(=O)c1c(C)cc2c(c1O)[C@]1(O)C(=O)c3cc4c(c(O)c3C(=O)[C@]1(OC)[C@H](O)C2)C(=O)C=C(N[C@H]1O[C@@H](C)[C@H](OC)[C@@H](O)[C@H]1OC)C4(O)c1ccccc1. The number of ether oxygens (including phenoxy) is 5. The van der Waals surface area contributed by atoms with Crippen molar-refractivity contribution in [2.75, 3.05) is 28.4 Å². The zero-order valence-corrected chi connectivity index (χ0v) is 31.1. The number of carbonyl (C=O) groups excluding carboxylic acids is 4. The number of aliphatic hydroxyl groups excluding tert-OH is 2. The third-order valence-electron chi connectivity index (χ3n) is 11.6. The first kappa shape index (κ1) is 39.2. The van der Waals surface area contributed by atoms with E-state index in [2.05, 4.69) is 5.32 Å². The Morgan fingerprint density at radius 3 is 2.18 bits per heavy atom. The molecule has 16 heteroatoms. The second kappa shape index (κ2) is 13.6. The van der Waals surface area contributed by atoms with Crippen molar-refractivity contribution in [3.05, 3.63) is 104 Å². The van der Waals surface area contributed by atoms with E-state index < -0.39 is 128 Å². The summed E-state index contributed by atoms with van der Waals surface area (Å²) in [6, 6.07) is 10.1. The van der Waals surface area contributed by atoms with Crippen molar-refractivity contribution in [2.45, 2.75) is 73.8 Å². The van der Waals surface area contributed by atoms with Gasteiger partial charge in [-0.2, -0.15) is 0 Å². The first-order valence-electron chi connectivity index (χ1n) is 17.6. The molecular weight excluding hydrogens is 734 g/mol. The van der Waals surface area contributed by atoms with Crippen LogP contribution < -0.4 is 5.32 Å². The van der Waals surface area contributed by atoms with Crippen LogP contribution in [0.25, 0.3) is 0 Å². The van der Waals surface area contributed by atoms with Crippen LogP contribution >= 0.6 is 0 Å². The second-order valence-electron chi connectivity index (χ2n) is 14.3. The lowest BCUT2D eigenvalue weighted by Gasteiger charge is -2.53. The molecule has 1 aliphatic heterocycles. The van der Waals surface area contributed by atoms with E-state index in [0.717, 1.165) is 26.4 Å². The van der Waals surface area contributed by atoms with E-state index >= 15 is 4.79 Å². The minimum Gasteiger partial charge on any atom is -0.507 e. The molecule has 3 aromatic carbocycles. The van der Waals surface area contributed by atoms with Crippen molar-refractivity contribution in [3.8, 4) is 11.5 Å². The molecule has 296 valence electrons. The van der Waals surface area contributed by atoms with Gasteiger partial charge in [0.05, 0.1) is 36.1 Å². The maximum atomic E-state index is 15.1. The Bertz CT molecular complexity index is 2220. The number of rotatable bonds is 7. The average Bonchev–Trinajstić information content (AvgIpc) is 3.16. The Hall–Kier alpha value is -5.04. The summed E-state index contributed by atoms with van der Waals surface area (Å²) in [6.45, 7) is 3.10. The number of benzene rings is 3. The van der Waals surface area contributed by atoms with Crippen molar-refractivity contribution in [2.24, 2.45) is 0 Å². The quantitative estimate of drug-likeness (QED) is 0.164. The summed E-state index contributed by atoms with van der Waals surface area (Å²) in [5.41, 5.74) is -12.1. The number of aromatic hydroxyl groups is 2. The van der Waals surface area contributed by atoms with Crippen molar-refractivity contribution >= 4 is 23.3 Å². The number of ketones is 3. The number of hydrogen-bond donors (Lipinski definition) is 7. The maximum absolute atomic E-state index is 15.1. The normalized spacial score (nSPS) is 32.1. The molecule has 4 aliphatic rings. The van der Waals surface area contributed by atoms with Gasteiger partial charge in [0.25, 0.3) is 0 Å². The van der Waals surface area contributed by atoms with Crippen LogP contribution in [0.2, 0.25) is 0 Å². The van der Waals surface area contributed by atoms with Gasteiger partial charge in [0.15, 0.2) is 28.8 Å². The molecule has 16 nitrogen and oxygen atoms in total. The molecule has 0 spiro atoms. The Labute approximate surface area is 319 Å². The summed E-state index contributed by atoms with van der Waals surface area (Å²) in [7, 11) is 4.70. The number of phenols is 2. The second-order valence-corrected chi connectivity index (χ2v) is 14.3. The zero-order valence-electron chi connectivity index (χ0n) is 31.1. The molecule has 3 aliphatic carbocycles. The molecule has 3 aromatic rings. The average molecular weight is 776 g/mol. The topological polar surface area (TPSA) is 248 Å². The van der Waals surface area contributed by atoms with Gasteiger partial charge in [0, 0.05) is 50.5 Å². The molecule has 1 fully saturated rings. The number of Topliss-reactive ketones (excluding diaryl/α,β-unsaturated/α-hetero) is 2. The molecule has 7 N–H and O–H groups in total. The highest BCUT2D eigenvalue weighted by Crippen LogP contribution is 2.57. The summed E-state index contributed by atoms with van der Waals surface area (Å²) in [5, 5.41) is 75.0. The van der Waals surface area contributed by atoms with E-state index in [1.807, 2.05) is 0 Å². The highest BCUT2D eigenvalue weighted by Gasteiger charge is 2.73. The molecule has 0 radical (unpaired) electrons. The molecule has 1 heterocycles. The van der Waals surface area contributed by atoms with Gasteiger partial charge >= 0.3 is 5.97 Å². The molecular formula is C40H41NO15. The van der Waals surface area contributed by atoms with Crippen LogP contribution in [0, 0.1) is 6.92 Å². The number of esters is 1. The van der Waals surface area contributed by atoms with Crippen LogP contribution in [0.3, 0.4) is 0 Å². The zero-order chi connectivity index (χ0) is 40.8. The number of allylic oxidation sites excluding steroid dienone is 1. The standard InChI is InChI=1S/C40H41NO15/c1-16-12-18-13-24(43)40(55-6)35(48)26-20(34(47)39(40,51)28(18)30(45)25(16)37(49)54-5)14-21-27(29(26)44)22(42)15-23(38(21,50)19-10-8-7-9-11-19)41-36-33(53-4)31(46)32(52-3)17(2)56-36/h7-12,14-15,17,24,31-33,36,41,43-46,50-51H,13H2,1-6H3/t17-,24+,31+,32-,33+,36-,38?,39-,40+/m0/s1. The summed E-state index contributed by atoms with van der Waals surface area (Å²) in [4.78, 5) is 56.8. The van der Waals surface area contributed by atoms with Gasteiger partial charge in [-0.05, 0) is 36.6 Å². The van der Waals surface area contributed by atoms with Crippen molar-refractivity contribution in [1.29, 1.82) is 0 Å². The van der Waals surface area contributed by atoms with Gasteiger partial charge in [-0.3, -0.25) is 14.4 Å². The lowest BCUT2D eigenvalue weighted by molar-refractivity contribution is -0.237. The van der Waals surface area contributed by atoms with E-state index in [9.17, 15) is 45.0 Å². The first-order valence-corrected chi connectivity index (χ1v) is 17.6. The Morgan fingerprint density at radius 1 is 0.911 bits per heavy atom. The number of methoxy groups -OCH3 is 4. The lowest BCUT2D eigenvalue weighted by atomic mass is 9.56. The van der Waals surface area contributed by atoms with Crippen LogP contribution in [0.15, 0.2) is 54.2 Å². The van der Waals surface area contributed by atoms with E-state index in [1.54, 1.807) is 25.1 Å².